The maximum Gasteiger partial charge on any atom is 0.311 e. The first-order chi connectivity index (χ1) is 17.8. The van der Waals surface area contributed by atoms with Crippen LogP contribution in [0, 0.1) is 15.9 Å². The number of ether oxygens (including phenoxy) is 3. The van der Waals surface area contributed by atoms with Crippen LogP contribution in [0.1, 0.15) is 18.1 Å². The number of amides is 1. The number of carbonyl (C=O) groups excluding carboxylic acids is 1. The third kappa shape index (κ3) is 5.51. The molecule has 1 aliphatic rings. The second-order valence-electron chi connectivity index (χ2n) is 7.76. The van der Waals surface area contributed by atoms with Crippen molar-refractivity contribution in [2.45, 2.75) is 13.5 Å². The summed E-state index contributed by atoms with van der Waals surface area (Å²) in [5, 5.41) is 14.4. The van der Waals surface area contributed by atoms with Gasteiger partial charge >= 0.3 is 5.69 Å². The maximum absolute atomic E-state index is 13.7. The van der Waals surface area contributed by atoms with Crippen LogP contribution in [0.4, 0.5) is 15.8 Å². The van der Waals surface area contributed by atoms with E-state index in [-0.39, 0.29) is 34.8 Å². The van der Waals surface area contributed by atoms with Crippen LogP contribution in [0.15, 0.2) is 66.4 Å². The number of methoxy groups -OCH3 is 1. The molecule has 0 aromatic heterocycles. The molecular weight excluding hydrogens is 501 g/mol. The first-order valence-corrected chi connectivity index (χ1v) is 11.6. The Bertz CT molecular complexity index is 1410. The zero-order valence-electron chi connectivity index (χ0n) is 19.9. The number of nitrogens with zero attached hydrogens (tertiary/aromatic N) is 2. The van der Waals surface area contributed by atoms with Crippen LogP contribution in [-0.2, 0) is 11.4 Å². The van der Waals surface area contributed by atoms with E-state index in [1.165, 1.54) is 12.0 Å². The molecule has 1 amide bonds. The summed E-state index contributed by atoms with van der Waals surface area (Å²) in [5.41, 5.74) is 1.55. The van der Waals surface area contributed by atoms with Gasteiger partial charge in [-0.05, 0) is 61.1 Å². The Labute approximate surface area is 217 Å². The van der Waals surface area contributed by atoms with Gasteiger partial charge in [0.2, 0.25) is 0 Å². The number of hydrogen-bond acceptors (Lipinski definition) is 7. The number of carbonyl (C=O) groups is 1. The van der Waals surface area contributed by atoms with Crippen molar-refractivity contribution in [2.75, 3.05) is 18.6 Å². The zero-order chi connectivity index (χ0) is 26.5. The lowest BCUT2D eigenvalue weighted by Gasteiger charge is -2.18. The molecule has 0 aliphatic carbocycles. The van der Waals surface area contributed by atoms with E-state index in [1.54, 1.807) is 42.5 Å². The summed E-state index contributed by atoms with van der Waals surface area (Å²) in [6, 6.07) is 15.2. The monoisotopic (exact) mass is 523 g/mol. The van der Waals surface area contributed by atoms with Crippen LogP contribution in [0.25, 0.3) is 6.08 Å². The predicted molar refractivity (Wildman–Crippen MR) is 139 cm³/mol. The number of nitrogens with one attached hydrogen (secondary N) is 1. The molecule has 0 saturated carbocycles. The van der Waals surface area contributed by atoms with Crippen LogP contribution < -0.4 is 24.4 Å². The van der Waals surface area contributed by atoms with Gasteiger partial charge in [-0.3, -0.25) is 14.9 Å². The average molecular weight is 524 g/mol. The summed E-state index contributed by atoms with van der Waals surface area (Å²) >= 11 is 5.41. The van der Waals surface area contributed by atoms with E-state index in [1.807, 2.05) is 13.0 Å². The number of benzene rings is 3. The molecule has 3 aromatic carbocycles. The van der Waals surface area contributed by atoms with Crippen molar-refractivity contribution < 1.29 is 28.3 Å². The van der Waals surface area contributed by atoms with E-state index < -0.39 is 10.7 Å². The molecule has 1 saturated heterocycles. The first kappa shape index (κ1) is 25.6. The van der Waals surface area contributed by atoms with Gasteiger partial charge in [0.25, 0.3) is 5.91 Å². The Morgan fingerprint density at radius 1 is 1.08 bits per heavy atom. The van der Waals surface area contributed by atoms with Crippen molar-refractivity contribution >= 4 is 40.7 Å². The molecular formula is C26H22FN3O6S. The van der Waals surface area contributed by atoms with E-state index in [2.05, 4.69) is 5.32 Å². The van der Waals surface area contributed by atoms with Gasteiger partial charge in [-0.2, -0.15) is 0 Å². The lowest BCUT2D eigenvalue weighted by Crippen LogP contribution is -2.30. The molecule has 1 heterocycles. The first-order valence-electron chi connectivity index (χ1n) is 11.1. The van der Waals surface area contributed by atoms with Gasteiger partial charge in [-0.15, -0.1) is 0 Å². The molecule has 37 heavy (non-hydrogen) atoms. The van der Waals surface area contributed by atoms with Crippen molar-refractivity contribution in [2.24, 2.45) is 0 Å². The minimum Gasteiger partial charge on any atom is -0.496 e. The lowest BCUT2D eigenvalue weighted by atomic mass is 10.1. The lowest BCUT2D eigenvalue weighted by molar-refractivity contribution is -0.386. The van der Waals surface area contributed by atoms with Gasteiger partial charge in [-0.1, -0.05) is 18.2 Å². The maximum atomic E-state index is 13.7. The fraction of sp³-hybridized carbons (Fsp3) is 0.154. The number of nitro benzene ring substituents is 1. The third-order valence-corrected chi connectivity index (χ3v) is 5.69. The highest BCUT2D eigenvalue weighted by Gasteiger charge is 2.33. The van der Waals surface area contributed by atoms with Gasteiger partial charge in [0, 0.05) is 17.7 Å². The van der Waals surface area contributed by atoms with E-state index in [9.17, 15) is 19.3 Å². The van der Waals surface area contributed by atoms with E-state index >= 15 is 0 Å². The fourth-order valence-electron chi connectivity index (χ4n) is 3.75. The van der Waals surface area contributed by atoms with Crippen LogP contribution in [0.3, 0.4) is 0 Å². The van der Waals surface area contributed by atoms with E-state index in [0.29, 0.717) is 34.9 Å². The molecule has 9 nitrogen and oxygen atoms in total. The fourth-order valence-corrected chi connectivity index (χ4v) is 4.04. The second-order valence-corrected chi connectivity index (χ2v) is 8.15. The van der Waals surface area contributed by atoms with Crippen molar-refractivity contribution in [1.29, 1.82) is 0 Å². The summed E-state index contributed by atoms with van der Waals surface area (Å²) in [6.07, 6.45) is 1.62. The summed E-state index contributed by atoms with van der Waals surface area (Å²) in [7, 11) is 1.47. The summed E-state index contributed by atoms with van der Waals surface area (Å²) in [5.74, 6) is -0.254. The van der Waals surface area contributed by atoms with Crippen LogP contribution in [-0.4, -0.2) is 29.7 Å². The molecule has 1 fully saturated rings. The molecule has 190 valence electrons. The summed E-state index contributed by atoms with van der Waals surface area (Å²) in [4.78, 5) is 25.2. The largest absolute Gasteiger partial charge is 0.496 e. The Kier molecular flexibility index (Phi) is 7.63. The Hall–Kier alpha value is -4.51. The van der Waals surface area contributed by atoms with Crippen molar-refractivity contribution in [3.8, 4) is 17.2 Å². The standard InChI is InChI=1S/C26H22FN3O6S/c1-3-35-23-7-5-4-6-20(23)29-25(31)19(28-26(29)37)13-16-8-11-22(34-2)17(12-16)15-36-24-14-18(27)9-10-21(24)30(32)33/h4-14H,3,15H2,1-2H3,(H,28,37)/b19-13+. The van der Waals surface area contributed by atoms with Crippen LogP contribution in [0.5, 0.6) is 17.2 Å². The van der Waals surface area contributed by atoms with E-state index in [0.717, 1.165) is 18.2 Å². The summed E-state index contributed by atoms with van der Waals surface area (Å²) < 4.78 is 30.3. The number of thiocarbonyl (C=S) groups is 1. The Morgan fingerprint density at radius 2 is 1.86 bits per heavy atom. The molecule has 0 spiro atoms. The third-order valence-electron chi connectivity index (χ3n) is 5.40. The smallest absolute Gasteiger partial charge is 0.311 e. The van der Waals surface area contributed by atoms with Gasteiger partial charge in [0.1, 0.15) is 29.6 Å². The topological polar surface area (TPSA) is 103 Å². The van der Waals surface area contributed by atoms with Gasteiger partial charge in [-0.25, -0.2) is 9.29 Å². The van der Waals surface area contributed by atoms with Crippen molar-refractivity contribution in [1.82, 2.24) is 5.32 Å². The number of halogens is 1. The highest BCUT2D eigenvalue weighted by atomic mass is 32.1. The molecule has 3 aromatic rings. The highest BCUT2D eigenvalue weighted by molar-refractivity contribution is 7.80. The summed E-state index contributed by atoms with van der Waals surface area (Å²) in [6.45, 7) is 2.14. The number of para-hydroxylation sites is 2. The molecule has 0 unspecified atom stereocenters. The molecule has 0 radical (unpaired) electrons. The van der Waals surface area contributed by atoms with Gasteiger partial charge in [0.15, 0.2) is 10.9 Å². The molecule has 0 bridgehead atoms. The van der Waals surface area contributed by atoms with Crippen molar-refractivity contribution in [3.63, 3.8) is 0 Å². The predicted octanol–water partition coefficient (Wildman–Crippen LogP) is 4.98. The van der Waals surface area contributed by atoms with Crippen LogP contribution >= 0.6 is 12.2 Å². The number of nitro groups is 1. The number of anilines is 1. The van der Waals surface area contributed by atoms with Crippen LogP contribution in [0.2, 0.25) is 0 Å². The van der Waals surface area contributed by atoms with Gasteiger partial charge < -0.3 is 19.5 Å². The molecule has 11 heteroatoms. The normalized spacial score (nSPS) is 14.0. The average Bonchev–Trinajstić information content (AvgIpc) is 3.15. The SMILES string of the molecule is CCOc1ccccc1N1C(=O)/C(=C\c2ccc(OC)c(COc3cc(F)ccc3[N+](=O)[O-])c2)NC1=S. The van der Waals surface area contributed by atoms with Gasteiger partial charge in [0.05, 0.1) is 24.3 Å². The molecule has 1 aliphatic heterocycles. The minimum absolute atomic E-state index is 0.141. The Balaban J connectivity index is 1.60. The second kappa shape index (κ2) is 11.0. The molecule has 4 rings (SSSR count). The molecule has 0 atom stereocenters. The Morgan fingerprint density at radius 3 is 2.59 bits per heavy atom. The quantitative estimate of drug-likeness (QED) is 0.181. The number of hydrogen-bond donors (Lipinski definition) is 1. The minimum atomic E-state index is -0.664. The zero-order valence-corrected chi connectivity index (χ0v) is 20.7. The number of rotatable bonds is 9. The van der Waals surface area contributed by atoms with Crippen molar-refractivity contribution in [3.05, 3.63) is 93.4 Å². The van der Waals surface area contributed by atoms with E-state index in [4.69, 9.17) is 26.4 Å². The highest BCUT2D eigenvalue weighted by Crippen LogP contribution is 2.33. The molecule has 1 N–H and O–H groups in total.